The molecule has 0 aliphatic heterocycles. The van der Waals surface area contributed by atoms with E-state index in [1.54, 1.807) is 12.1 Å². The fourth-order valence-electron chi connectivity index (χ4n) is 2.68. The molecule has 5 nitrogen and oxygen atoms in total. The highest BCUT2D eigenvalue weighted by molar-refractivity contribution is 6.55. The Morgan fingerprint density at radius 2 is 1.62 bits per heavy atom. The van der Waals surface area contributed by atoms with E-state index in [2.05, 4.69) is 4.74 Å². The normalized spacial score (nSPS) is 11.3. The molecule has 2 aromatic carbocycles. The highest BCUT2D eigenvalue weighted by Gasteiger charge is 2.21. The first kappa shape index (κ1) is 26.4. The number of ketones is 1. The van der Waals surface area contributed by atoms with Crippen LogP contribution in [0.25, 0.3) is 6.08 Å². The molecule has 180 valence electrons. The molecule has 0 amide bonds. The molecule has 0 N–H and O–H groups in total. The second kappa shape index (κ2) is 11.5. The maximum Gasteiger partial charge on any atom is 0.387 e. The second-order valence-electron chi connectivity index (χ2n) is 6.43. The fourth-order valence-corrected chi connectivity index (χ4v) is 3.91. The van der Waals surface area contributed by atoms with Crippen LogP contribution in [0.3, 0.4) is 0 Å². The van der Waals surface area contributed by atoms with E-state index in [0.29, 0.717) is 11.5 Å². The lowest BCUT2D eigenvalue weighted by Gasteiger charge is -2.12. The Bertz CT molecular complexity index is 1210. The van der Waals surface area contributed by atoms with Gasteiger partial charge in [-0.2, -0.15) is 8.78 Å². The number of alkyl halides is 2. The molecule has 3 rings (SSSR count). The van der Waals surface area contributed by atoms with Crippen molar-refractivity contribution in [3.63, 3.8) is 0 Å². The van der Waals surface area contributed by atoms with E-state index < -0.39 is 12.4 Å². The van der Waals surface area contributed by atoms with Crippen molar-refractivity contribution < 1.29 is 32.2 Å². The highest BCUT2D eigenvalue weighted by Crippen LogP contribution is 2.48. The molecule has 0 saturated carbocycles. The van der Waals surface area contributed by atoms with Crippen LogP contribution in [0.5, 0.6) is 17.2 Å². The van der Waals surface area contributed by atoms with Gasteiger partial charge in [0.15, 0.2) is 23.0 Å². The molecule has 0 fully saturated rings. The monoisotopic (exact) mass is 570 g/mol. The van der Waals surface area contributed by atoms with E-state index in [1.165, 1.54) is 37.5 Å². The van der Waals surface area contributed by atoms with Gasteiger partial charge in [0.25, 0.3) is 0 Å². The van der Waals surface area contributed by atoms with Gasteiger partial charge in [0, 0.05) is 5.56 Å². The summed E-state index contributed by atoms with van der Waals surface area (Å²) in [6.07, 6.45) is 2.68. The number of methoxy groups -OCH3 is 1. The minimum Gasteiger partial charge on any atom is -0.493 e. The Morgan fingerprint density at radius 3 is 2.24 bits per heavy atom. The van der Waals surface area contributed by atoms with Crippen LogP contribution in [0, 0.1) is 0 Å². The lowest BCUT2D eigenvalue weighted by Crippen LogP contribution is -2.04. The number of ether oxygens (including phenoxy) is 3. The van der Waals surface area contributed by atoms with Crippen LogP contribution in [-0.2, 0) is 6.61 Å². The first-order chi connectivity index (χ1) is 16.1. The van der Waals surface area contributed by atoms with Crippen molar-refractivity contribution in [3.8, 4) is 17.2 Å². The predicted octanol–water partition coefficient (Wildman–Crippen LogP) is 8.63. The summed E-state index contributed by atoms with van der Waals surface area (Å²) in [6.45, 7) is -3.09. The molecule has 0 saturated heterocycles. The maximum absolute atomic E-state index is 12.4. The first-order valence-corrected chi connectivity index (χ1v) is 11.1. The highest BCUT2D eigenvalue weighted by atomic mass is 35.5. The number of furan rings is 1. The average Bonchev–Trinajstić information content (AvgIpc) is 3.27. The lowest BCUT2D eigenvalue weighted by molar-refractivity contribution is -0.0512. The molecule has 1 aromatic heterocycles. The van der Waals surface area contributed by atoms with Crippen LogP contribution < -0.4 is 14.2 Å². The number of hydrogen-bond donors (Lipinski definition) is 0. The van der Waals surface area contributed by atoms with Crippen molar-refractivity contribution >= 4 is 69.9 Å². The Morgan fingerprint density at radius 1 is 0.971 bits per heavy atom. The number of carbonyl (C=O) groups excluding carboxylic acids is 1. The molecule has 0 bridgehead atoms. The molecule has 0 spiro atoms. The number of rotatable bonds is 9. The maximum atomic E-state index is 12.4. The number of benzene rings is 2. The van der Waals surface area contributed by atoms with Crippen molar-refractivity contribution in [2.75, 3.05) is 7.11 Å². The van der Waals surface area contributed by atoms with Crippen LogP contribution in [0.15, 0.2) is 40.8 Å². The predicted molar refractivity (Wildman–Crippen MR) is 128 cm³/mol. The number of allylic oxidation sites excluding steroid dienone is 1. The molecule has 0 radical (unpaired) electrons. The largest absolute Gasteiger partial charge is 0.493 e. The lowest BCUT2D eigenvalue weighted by atomic mass is 10.1. The Labute approximate surface area is 217 Å². The van der Waals surface area contributed by atoms with Gasteiger partial charge in [-0.15, -0.1) is 0 Å². The van der Waals surface area contributed by atoms with E-state index in [-0.39, 0.29) is 54.5 Å². The standard InChI is InChI=1S/C22H13Cl5F2O5/c1-31-15-8-10(2-7-14(15)34-22(28)29)13(30)6-5-11-3-4-12(33-11)9-32-21-19(26)17(24)16(23)18(25)20(21)27/h2-8,22H,9H2,1H3/b6-5+. The Balaban J connectivity index is 1.68. The molecule has 0 unspecified atom stereocenters. The van der Waals surface area contributed by atoms with E-state index >= 15 is 0 Å². The molecule has 0 aliphatic carbocycles. The van der Waals surface area contributed by atoms with Crippen LogP contribution in [0.2, 0.25) is 25.1 Å². The topological polar surface area (TPSA) is 57.9 Å². The summed E-state index contributed by atoms with van der Waals surface area (Å²) < 4.78 is 45.4. The van der Waals surface area contributed by atoms with Crippen molar-refractivity contribution in [3.05, 3.63) is 78.6 Å². The van der Waals surface area contributed by atoms with E-state index in [0.717, 1.165) is 0 Å². The third-order valence-electron chi connectivity index (χ3n) is 4.27. The molecule has 3 aromatic rings. The summed E-state index contributed by atoms with van der Waals surface area (Å²) >= 11 is 30.2. The zero-order valence-electron chi connectivity index (χ0n) is 17.0. The van der Waals surface area contributed by atoms with E-state index in [1.807, 2.05) is 0 Å². The van der Waals surface area contributed by atoms with Gasteiger partial charge in [0.05, 0.1) is 22.2 Å². The molecule has 12 heteroatoms. The first-order valence-electron chi connectivity index (χ1n) is 9.20. The summed E-state index contributed by atoms with van der Waals surface area (Å²) in [4.78, 5) is 12.4. The van der Waals surface area contributed by atoms with Crippen LogP contribution in [0.4, 0.5) is 8.78 Å². The van der Waals surface area contributed by atoms with E-state index in [4.69, 9.17) is 71.9 Å². The summed E-state index contributed by atoms with van der Waals surface area (Å²) in [5.74, 6) is 0.172. The molecular weight excluding hydrogens is 559 g/mol. The molecule has 1 heterocycles. The SMILES string of the molecule is COc1cc(C(=O)/C=C/c2ccc(COc3c(Cl)c(Cl)c(Cl)c(Cl)c3Cl)o2)ccc1OC(F)F. The van der Waals surface area contributed by atoms with Gasteiger partial charge >= 0.3 is 6.61 Å². The summed E-state index contributed by atoms with van der Waals surface area (Å²) in [7, 11) is 1.27. The average molecular weight is 573 g/mol. The number of hydrogen-bond acceptors (Lipinski definition) is 5. The zero-order valence-corrected chi connectivity index (χ0v) is 20.8. The minimum atomic E-state index is -3.02. The molecular formula is C22H13Cl5F2O5. The second-order valence-corrected chi connectivity index (χ2v) is 8.32. The smallest absolute Gasteiger partial charge is 0.387 e. The van der Waals surface area contributed by atoms with Gasteiger partial charge in [0.2, 0.25) is 0 Å². The van der Waals surface area contributed by atoms with Crippen molar-refractivity contribution in [1.82, 2.24) is 0 Å². The quantitative estimate of drug-likeness (QED) is 0.111. The van der Waals surface area contributed by atoms with Crippen molar-refractivity contribution in [2.24, 2.45) is 0 Å². The minimum absolute atomic E-state index is 0.000237. The van der Waals surface area contributed by atoms with Gasteiger partial charge in [-0.05, 0) is 42.5 Å². The van der Waals surface area contributed by atoms with Gasteiger partial charge < -0.3 is 18.6 Å². The Kier molecular flexibility index (Phi) is 8.95. The molecule has 0 aliphatic rings. The third-order valence-corrected chi connectivity index (χ3v) is 6.52. The van der Waals surface area contributed by atoms with Gasteiger partial charge in [-0.3, -0.25) is 4.79 Å². The van der Waals surface area contributed by atoms with Crippen LogP contribution in [-0.4, -0.2) is 19.5 Å². The van der Waals surface area contributed by atoms with Gasteiger partial charge in [-0.1, -0.05) is 58.0 Å². The third kappa shape index (κ3) is 6.09. The van der Waals surface area contributed by atoms with Crippen molar-refractivity contribution in [2.45, 2.75) is 13.2 Å². The molecule has 34 heavy (non-hydrogen) atoms. The number of halogens is 7. The Hall–Kier alpha value is -2.16. The van der Waals surface area contributed by atoms with Crippen molar-refractivity contribution in [1.29, 1.82) is 0 Å². The summed E-state index contributed by atoms with van der Waals surface area (Å²) in [5.41, 5.74) is 0.200. The molecule has 0 atom stereocenters. The van der Waals surface area contributed by atoms with E-state index in [9.17, 15) is 13.6 Å². The fraction of sp³-hybridized carbons (Fsp3) is 0.136. The zero-order chi connectivity index (χ0) is 25.0. The summed E-state index contributed by atoms with van der Waals surface area (Å²) in [5, 5.41) is 0.00606. The van der Waals surface area contributed by atoms with Crippen LogP contribution >= 0.6 is 58.0 Å². The van der Waals surface area contributed by atoms with Gasteiger partial charge in [0.1, 0.15) is 28.2 Å². The summed E-state index contributed by atoms with van der Waals surface area (Å²) in [6, 6.07) is 7.07. The van der Waals surface area contributed by atoms with Crippen LogP contribution in [0.1, 0.15) is 21.9 Å². The van der Waals surface area contributed by atoms with Gasteiger partial charge in [-0.25, -0.2) is 0 Å². The number of carbonyl (C=O) groups is 1.